The van der Waals surface area contributed by atoms with Crippen LogP contribution < -0.4 is 10.1 Å². The number of halogens is 5. The second-order valence-corrected chi connectivity index (χ2v) is 8.38. The molecule has 1 aliphatic rings. The maximum absolute atomic E-state index is 14.6. The molecule has 2 rings (SSSR count). The van der Waals surface area contributed by atoms with Crippen LogP contribution in [0.1, 0.15) is 12.8 Å². The van der Waals surface area contributed by atoms with Crippen molar-refractivity contribution < 1.29 is 35.5 Å². The Kier molecular flexibility index (Phi) is 6.27. The molecule has 0 atom stereocenters. The molecule has 12 heteroatoms. The maximum atomic E-state index is 14.6. The van der Waals surface area contributed by atoms with Crippen molar-refractivity contribution in [3.8, 4) is 5.75 Å². The van der Waals surface area contributed by atoms with Crippen molar-refractivity contribution in [2.75, 3.05) is 26.7 Å². The van der Waals surface area contributed by atoms with E-state index in [-0.39, 0.29) is 41.6 Å². The summed E-state index contributed by atoms with van der Waals surface area (Å²) in [5.41, 5.74) is -2.12. The first-order valence-electron chi connectivity index (χ1n) is 7.77. The predicted molar refractivity (Wildman–Crippen MR) is 88.9 cm³/mol. The van der Waals surface area contributed by atoms with Gasteiger partial charge in [0.1, 0.15) is 11.4 Å². The maximum Gasteiger partial charge on any atom is 0.471 e. The summed E-state index contributed by atoms with van der Waals surface area (Å²) in [4.78, 5) is 10.7. The van der Waals surface area contributed by atoms with E-state index in [1.165, 1.54) is 30.6 Å². The van der Waals surface area contributed by atoms with Crippen molar-refractivity contribution in [3.05, 3.63) is 23.2 Å². The molecule has 0 unspecified atom stereocenters. The van der Waals surface area contributed by atoms with Gasteiger partial charge in [-0.3, -0.25) is 4.79 Å². The number of rotatable bonds is 5. The Labute approximate surface area is 158 Å². The van der Waals surface area contributed by atoms with Crippen molar-refractivity contribution in [2.24, 2.45) is 0 Å². The van der Waals surface area contributed by atoms with Crippen LogP contribution in [-0.2, 0) is 14.8 Å². The number of carbonyl (C=O) groups excluding carboxylic acids is 1. The summed E-state index contributed by atoms with van der Waals surface area (Å²) >= 11 is 5.93. The van der Waals surface area contributed by atoms with Gasteiger partial charge in [0.05, 0.1) is 23.6 Å². The first-order valence-corrected chi connectivity index (χ1v) is 9.58. The van der Waals surface area contributed by atoms with Crippen LogP contribution in [0.4, 0.5) is 17.6 Å². The van der Waals surface area contributed by atoms with Crippen molar-refractivity contribution in [3.63, 3.8) is 0 Å². The molecule has 1 aliphatic heterocycles. The minimum atomic E-state index is -5.10. The molecule has 152 valence electrons. The topological polar surface area (TPSA) is 75.7 Å². The number of ether oxygens (including phenoxy) is 1. The largest absolute Gasteiger partial charge is 0.495 e. The predicted octanol–water partition coefficient (Wildman–Crippen LogP) is 2.52. The fourth-order valence-corrected chi connectivity index (χ4v) is 4.39. The quantitative estimate of drug-likeness (QED) is 0.725. The number of alkyl halides is 4. The van der Waals surface area contributed by atoms with E-state index in [1.54, 1.807) is 0 Å². The lowest BCUT2D eigenvalue weighted by Crippen LogP contribution is -2.51. The van der Waals surface area contributed by atoms with E-state index in [1.807, 2.05) is 0 Å². The molecule has 0 bridgehead atoms. The fraction of sp³-hybridized carbons (Fsp3) is 0.533. The van der Waals surface area contributed by atoms with Crippen LogP contribution in [0.15, 0.2) is 23.1 Å². The van der Waals surface area contributed by atoms with Crippen LogP contribution >= 0.6 is 11.6 Å². The van der Waals surface area contributed by atoms with Gasteiger partial charge in [-0.1, -0.05) is 11.6 Å². The minimum Gasteiger partial charge on any atom is -0.495 e. The van der Waals surface area contributed by atoms with Gasteiger partial charge in [-0.05, 0) is 31.0 Å². The summed E-state index contributed by atoms with van der Waals surface area (Å²) in [6.45, 7) is -1.33. The molecule has 1 aromatic rings. The molecule has 1 heterocycles. The molecule has 0 spiro atoms. The summed E-state index contributed by atoms with van der Waals surface area (Å²) in [5, 5.41) is 1.59. The number of amides is 1. The molecule has 27 heavy (non-hydrogen) atoms. The van der Waals surface area contributed by atoms with E-state index < -0.39 is 34.3 Å². The Morgan fingerprint density at radius 3 is 2.41 bits per heavy atom. The Balaban J connectivity index is 2.03. The highest BCUT2D eigenvalue weighted by atomic mass is 35.5. The van der Waals surface area contributed by atoms with Crippen molar-refractivity contribution in [2.45, 2.75) is 29.6 Å². The second-order valence-electron chi connectivity index (χ2n) is 6.03. The van der Waals surface area contributed by atoms with Crippen molar-refractivity contribution >= 4 is 27.5 Å². The van der Waals surface area contributed by atoms with Gasteiger partial charge in [-0.25, -0.2) is 12.8 Å². The number of hydrogen-bond donors (Lipinski definition) is 1. The summed E-state index contributed by atoms with van der Waals surface area (Å²) < 4.78 is 82.4. The zero-order chi connectivity index (χ0) is 20.5. The number of sulfonamides is 1. The first kappa shape index (κ1) is 21.7. The highest BCUT2D eigenvalue weighted by Gasteiger charge is 2.43. The van der Waals surface area contributed by atoms with Crippen molar-refractivity contribution in [1.29, 1.82) is 0 Å². The summed E-state index contributed by atoms with van der Waals surface area (Å²) in [6, 6.07) is 3.88. The Bertz CT molecular complexity index is 809. The van der Waals surface area contributed by atoms with Crippen LogP contribution in [0.2, 0.25) is 5.02 Å². The van der Waals surface area contributed by atoms with Gasteiger partial charge >= 0.3 is 12.1 Å². The number of carbonyl (C=O) groups is 1. The lowest BCUT2D eigenvalue weighted by Gasteiger charge is -2.35. The summed E-state index contributed by atoms with van der Waals surface area (Å²) in [5.74, 6) is -1.94. The molecule has 1 N–H and O–H groups in total. The van der Waals surface area contributed by atoms with Crippen LogP contribution in [-0.4, -0.2) is 57.2 Å². The third-order valence-corrected chi connectivity index (χ3v) is 6.39. The molecule has 0 saturated carbocycles. The third kappa shape index (κ3) is 5.02. The molecule has 1 amide bonds. The highest BCUT2D eigenvalue weighted by Crippen LogP contribution is 2.32. The van der Waals surface area contributed by atoms with E-state index in [9.17, 15) is 30.8 Å². The lowest BCUT2D eigenvalue weighted by molar-refractivity contribution is -0.174. The van der Waals surface area contributed by atoms with Gasteiger partial charge in [-0.2, -0.15) is 17.5 Å². The fourth-order valence-electron chi connectivity index (χ4n) is 2.60. The van der Waals surface area contributed by atoms with Crippen molar-refractivity contribution in [1.82, 2.24) is 9.62 Å². The van der Waals surface area contributed by atoms with Gasteiger partial charge < -0.3 is 10.1 Å². The number of hydrogen-bond acceptors (Lipinski definition) is 4. The zero-order valence-corrected chi connectivity index (χ0v) is 15.7. The highest BCUT2D eigenvalue weighted by molar-refractivity contribution is 7.89. The lowest BCUT2D eigenvalue weighted by atomic mass is 9.94. The standard InChI is InChI=1S/C15H17ClF4N2O4S/c1-26-12-3-2-10(8-11(12)16)27(24,25)22-6-4-14(17,5-7-22)9-21-13(23)15(18,19)20/h2-3,8H,4-7,9H2,1H3,(H,21,23). The smallest absolute Gasteiger partial charge is 0.471 e. The Morgan fingerprint density at radius 2 is 1.93 bits per heavy atom. The molecule has 1 aromatic carbocycles. The number of benzene rings is 1. The minimum absolute atomic E-state index is 0.0882. The van der Waals surface area contributed by atoms with Crippen LogP contribution in [0, 0.1) is 0 Å². The summed E-state index contributed by atoms with van der Waals surface area (Å²) in [7, 11) is -2.58. The number of nitrogens with zero attached hydrogens (tertiary/aromatic N) is 1. The SMILES string of the molecule is COc1ccc(S(=O)(=O)N2CCC(F)(CNC(=O)C(F)(F)F)CC2)cc1Cl. The average Bonchev–Trinajstić information content (AvgIpc) is 2.59. The Hall–Kier alpha value is -1.59. The third-order valence-electron chi connectivity index (χ3n) is 4.20. The molecule has 6 nitrogen and oxygen atoms in total. The molecular weight excluding hydrogens is 416 g/mol. The molecule has 0 radical (unpaired) electrons. The van der Waals surface area contributed by atoms with E-state index in [4.69, 9.17) is 16.3 Å². The average molecular weight is 433 g/mol. The van der Waals surface area contributed by atoms with E-state index in [0.29, 0.717) is 0 Å². The van der Waals surface area contributed by atoms with Gasteiger partial charge in [0.15, 0.2) is 0 Å². The number of nitrogens with one attached hydrogen (secondary N) is 1. The van der Waals surface area contributed by atoms with E-state index >= 15 is 0 Å². The van der Waals surface area contributed by atoms with Crippen LogP contribution in [0.25, 0.3) is 0 Å². The number of piperidine rings is 1. The van der Waals surface area contributed by atoms with E-state index in [2.05, 4.69) is 0 Å². The summed E-state index contributed by atoms with van der Waals surface area (Å²) in [6.07, 6.45) is -5.81. The second kappa shape index (κ2) is 7.80. The monoisotopic (exact) mass is 432 g/mol. The molecular formula is C15H17ClF4N2O4S. The van der Waals surface area contributed by atoms with Gasteiger partial charge in [0.25, 0.3) is 0 Å². The van der Waals surface area contributed by atoms with E-state index in [0.717, 1.165) is 4.31 Å². The van der Waals surface area contributed by atoms with Gasteiger partial charge in [-0.15, -0.1) is 0 Å². The Morgan fingerprint density at radius 1 is 1.33 bits per heavy atom. The van der Waals surface area contributed by atoms with Gasteiger partial charge in [0.2, 0.25) is 10.0 Å². The molecule has 1 saturated heterocycles. The van der Waals surface area contributed by atoms with Crippen LogP contribution in [0.5, 0.6) is 5.75 Å². The van der Waals surface area contributed by atoms with Crippen LogP contribution in [0.3, 0.4) is 0 Å². The van der Waals surface area contributed by atoms with Gasteiger partial charge in [0, 0.05) is 13.1 Å². The molecule has 1 fully saturated rings. The first-order chi connectivity index (χ1) is 12.4. The molecule has 0 aliphatic carbocycles. The zero-order valence-electron chi connectivity index (χ0n) is 14.1. The normalized spacial score (nSPS) is 18.1. The molecule has 0 aromatic heterocycles. The number of methoxy groups -OCH3 is 1.